The lowest BCUT2D eigenvalue weighted by Gasteiger charge is -2.38. The molecule has 11 heteroatoms. The van der Waals surface area contributed by atoms with Crippen LogP contribution < -0.4 is 31.9 Å². The largest absolute Gasteiger partial charge is 0.402 e. The van der Waals surface area contributed by atoms with E-state index in [1.165, 1.54) is 0 Å². The highest BCUT2D eigenvalue weighted by Gasteiger charge is 2.48. The minimum absolute atomic E-state index is 0.515. The minimum Gasteiger partial charge on any atom is -0.356 e. The molecule has 0 aromatic heterocycles. The maximum absolute atomic E-state index is 16.5. The molecule has 0 saturated heterocycles. The predicted octanol–water partition coefficient (Wildman–Crippen LogP) is 19.3. The molecule has 0 amide bonds. The summed E-state index contributed by atoms with van der Waals surface area (Å²) in [5, 5.41) is 21.1. The van der Waals surface area contributed by atoms with Crippen molar-refractivity contribution in [3.8, 4) is 0 Å². The Morgan fingerprint density at radius 3 is 0.621 bits per heavy atom. The van der Waals surface area contributed by atoms with Gasteiger partial charge in [-0.05, 0) is 204 Å². The molecule has 0 saturated carbocycles. The molecule has 87 heavy (non-hydrogen) atoms. The molecule has 0 spiro atoms. The minimum atomic E-state index is -5.24. The van der Waals surface area contributed by atoms with E-state index in [1.807, 2.05) is 317 Å². The Morgan fingerprint density at radius 2 is 0.414 bits per heavy atom. The summed E-state index contributed by atoms with van der Waals surface area (Å²) in [5.74, 6) is 0. The van der Waals surface area contributed by atoms with E-state index in [2.05, 4.69) is 44.0 Å². The first-order chi connectivity index (χ1) is 42.5. The normalized spacial score (nSPS) is 11.5. The summed E-state index contributed by atoms with van der Waals surface area (Å²) in [5.41, 5.74) is 11.6. The van der Waals surface area contributed by atoms with E-state index in [-0.39, 0.29) is 0 Å². The molecule has 10 nitrogen and oxygen atoms in total. The molecule has 0 atom stereocenters. The van der Waals surface area contributed by atoms with Crippen molar-refractivity contribution in [1.82, 2.24) is 0 Å². The smallest absolute Gasteiger partial charge is 0.356 e. The number of nitrogens with one attached hydrogen (secondary N) is 6. The van der Waals surface area contributed by atoms with E-state index < -0.39 is 21.6 Å². The molecule has 12 aromatic rings. The maximum Gasteiger partial charge on any atom is 0.402 e. The second-order valence-corrected chi connectivity index (χ2v) is 22.5. The Labute approximate surface area is 509 Å². The summed E-state index contributed by atoms with van der Waals surface area (Å²) in [4.78, 5) is 0. The van der Waals surface area contributed by atoms with Gasteiger partial charge >= 0.3 is 10.4 Å². The van der Waals surface area contributed by atoms with Crippen LogP contribution in [0.5, 0.6) is 0 Å². The molecule has 0 radical (unpaired) electrons. The topological polar surface area (TPSA) is 125 Å². The zero-order valence-electron chi connectivity index (χ0n) is 48.1. The van der Waals surface area contributed by atoms with Crippen LogP contribution in [0, 0.1) is 13.8 Å². The molecule has 0 fully saturated rings. The number of hydrogen-bond donors (Lipinski definition) is 6. The first kappa shape index (κ1) is 56.8. The lowest BCUT2D eigenvalue weighted by molar-refractivity contribution is 0.0780. The van der Waals surface area contributed by atoms with E-state index in [9.17, 15) is 0 Å². The molecule has 12 rings (SSSR count). The fraction of sp³-hybridized carbons (Fsp3) is 0.0526. The van der Waals surface area contributed by atoms with Crippen LogP contribution in [-0.2, 0) is 30.0 Å². The molecule has 0 aliphatic carbocycles. The molecule has 0 bridgehead atoms. The van der Waals surface area contributed by atoms with Gasteiger partial charge in [-0.15, -0.1) is 0 Å². The zero-order chi connectivity index (χ0) is 59.5. The van der Waals surface area contributed by atoms with Crippen LogP contribution in [0.25, 0.3) is 0 Å². The van der Waals surface area contributed by atoms with Gasteiger partial charge in [0.15, 0.2) is 11.2 Å². The summed E-state index contributed by atoms with van der Waals surface area (Å²) >= 11 is 0. The van der Waals surface area contributed by atoms with Crippen molar-refractivity contribution in [2.75, 3.05) is 31.9 Å². The highest BCUT2D eigenvalue weighted by Crippen LogP contribution is 2.48. The second-order valence-electron chi connectivity index (χ2n) is 21.4. The Morgan fingerprint density at radius 1 is 0.230 bits per heavy atom. The van der Waals surface area contributed by atoms with Gasteiger partial charge in [0.05, 0.1) is 0 Å². The molecule has 6 N–H and O–H groups in total. The van der Waals surface area contributed by atoms with Gasteiger partial charge in [-0.2, -0.15) is 8.42 Å². The summed E-state index contributed by atoms with van der Waals surface area (Å²) in [6, 6.07) is 102. The van der Waals surface area contributed by atoms with Crippen LogP contribution in [0.2, 0.25) is 0 Å². The Hall–Kier alpha value is -10.7. The van der Waals surface area contributed by atoms with Crippen molar-refractivity contribution in [2.45, 2.75) is 25.0 Å². The highest BCUT2D eigenvalue weighted by atomic mass is 32.3. The van der Waals surface area contributed by atoms with Crippen LogP contribution in [0.4, 0.5) is 68.2 Å². The van der Waals surface area contributed by atoms with Crippen molar-refractivity contribution < 1.29 is 16.8 Å². The Balaban J connectivity index is 1.04. The summed E-state index contributed by atoms with van der Waals surface area (Å²) in [6.07, 6.45) is 0. The van der Waals surface area contributed by atoms with Crippen molar-refractivity contribution in [3.63, 3.8) is 0 Å². The van der Waals surface area contributed by atoms with Crippen molar-refractivity contribution >= 4 is 78.6 Å². The maximum atomic E-state index is 16.5. The van der Waals surface area contributed by atoms with Gasteiger partial charge in [-0.3, -0.25) is 0 Å². The molecule has 0 unspecified atom stereocenters. The van der Waals surface area contributed by atoms with E-state index in [1.54, 1.807) is 0 Å². The van der Waals surface area contributed by atoms with Crippen LogP contribution in [0.1, 0.15) is 44.5 Å². The van der Waals surface area contributed by atoms with Gasteiger partial charge in [0.2, 0.25) is 0 Å². The molecule has 428 valence electrons. The van der Waals surface area contributed by atoms with Crippen LogP contribution in [0.15, 0.2) is 315 Å². The summed E-state index contributed by atoms with van der Waals surface area (Å²) in [7, 11) is -5.24. The number of hydrogen-bond acceptors (Lipinski definition) is 10. The summed E-state index contributed by atoms with van der Waals surface area (Å²) < 4.78 is 47.3. The number of anilines is 12. The zero-order valence-corrected chi connectivity index (χ0v) is 48.9. The SMILES string of the molecule is Cc1cccc(Nc2ccc(C(OS(=O)(=O)OC(c3ccc(Nc4ccccc4)cc3)(c3ccc(Nc4ccccc4)cc3)c3ccc(Nc4cccc(C)c4)cc3)(c3ccc(Nc4ccccc4)cc3)c3ccc(Nc4ccccc4)cc3)cc2)c1. The Kier molecular flexibility index (Phi) is 16.7. The molecule has 12 aromatic carbocycles. The monoisotopic (exact) mass is 1160 g/mol. The Bertz CT molecular complexity index is 3870. The molecular weight excluding hydrogens is 1090 g/mol. The lowest BCUT2D eigenvalue weighted by atomic mass is 9.80. The fourth-order valence-corrected chi connectivity index (χ4v) is 12.1. The third kappa shape index (κ3) is 13.5. The average Bonchev–Trinajstić information content (AvgIpc) is 0.989. The van der Waals surface area contributed by atoms with Gasteiger partial charge in [-0.25, -0.2) is 8.37 Å². The highest BCUT2D eigenvalue weighted by molar-refractivity contribution is 7.82. The molecule has 0 aliphatic heterocycles. The standard InChI is InChI=1S/C76H64N6O4S/c1-55-17-15-27-73(53-55)81-71-49-37-61(38-50-71)75(57-29-41-67(42-30-57)77-63-19-7-3-8-20-63,58-31-43-68(44-32-58)78-64-21-9-4-10-22-64)85-87(83,84)86-76(59-33-45-69(46-34-59)79-65-23-11-5-12-24-65,60-35-47-70(48-36-60)80-66-25-13-6-14-26-66)62-39-51-72(52-40-62)82-74-28-16-18-56(2)54-74/h3-54,77-82H,1-2H3. The number of benzene rings is 12. The van der Waals surface area contributed by atoms with Crippen LogP contribution in [-0.4, -0.2) is 8.42 Å². The first-order valence-electron chi connectivity index (χ1n) is 28.8. The first-order valence-corrected chi connectivity index (χ1v) is 30.1. The predicted molar refractivity (Wildman–Crippen MR) is 357 cm³/mol. The van der Waals surface area contributed by atoms with Crippen molar-refractivity contribution in [2.24, 2.45) is 0 Å². The third-order valence-electron chi connectivity index (χ3n) is 15.1. The van der Waals surface area contributed by atoms with Gasteiger partial charge in [-0.1, -0.05) is 170 Å². The number of rotatable bonds is 22. The quantitative estimate of drug-likeness (QED) is 0.0366. The molecule has 0 heterocycles. The van der Waals surface area contributed by atoms with E-state index in [4.69, 9.17) is 8.37 Å². The fourth-order valence-electron chi connectivity index (χ4n) is 10.9. The lowest BCUT2D eigenvalue weighted by Crippen LogP contribution is -2.41. The third-order valence-corrected chi connectivity index (χ3v) is 16.0. The number of para-hydroxylation sites is 4. The van der Waals surface area contributed by atoms with Crippen LogP contribution >= 0.6 is 0 Å². The van der Waals surface area contributed by atoms with Crippen LogP contribution in [0.3, 0.4) is 0 Å². The summed E-state index contributed by atoms with van der Waals surface area (Å²) in [6.45, 7) is 4.10. The van der Waals surface area contributed by atoms with E-state index in [0.717, 1.165) is 79.4 Å². The van der Waals surface area contributed by atoms with Gasteiger partial charge < -0.3 is 31.9 Å². The van der Waals surface area contributed by atoms with E-state index >= 15 is 8.42 Å². The molecular formula is C76H64N6O4S. The van der Waals surface area contributed by atoms with Gasteiger partial charge in [0, 0.05) is 68.2 Å². The van der Waals surface area contributed by atoms with Gasteiger partial charge in [0.25, 0.3) is 0 Å². The van der Waals surface area contributed by atoms with Crippen molar-refractivity contribution in [1.29, 1.82) is 0 Å². The second kappa shape index (κ2) is 25.7. The molecule has 0 aliphatic rings. The van der Waals surface area contributed by atoms with Crippen molar-refractivity contribution in [3.05, 3.63) is 360 Å². The average molecular weight is 1160 g/mol. The van der Waals surface area contributed by atoms with E-state index in [0.29, 0.717) is 33.4 Å². The number of aryl methyl sites for hydroxylation is 2. The van der Waals surface area contributed by atoms with Gasteiger partial charge in [0.1, 0.15) is 0 Å².